The molecule has 1 atom stereocenters. The van der Waals surface area contributed by atoms with Crippen LogP contribution in [0.15, 0.2) is 34.8 Å². The molecule has 2 rings (SSSR count). The van der Waals surface area contributed by atoms with E-state index in [1.165, 1.54) is 11.1 Å². The molecule has 0 fully saturated rings. The fraction of sp³-hybridized carbons (Fsp3) is 0.333. The van der Waals surface area contributed by atoms with Crippen LogP contribution in [0, 0.1) is 0 Å². The summed E-state index contributed by atoms with van der Waals surface area (Å²) in [7, 11) is 0. The molecule has 1 aromatic carbocycles. The van der Waals surface area contributed by atoms with Crippen molar-refractivity contribution in [2.45, 2.75) is 25.4 Å². The van der Waals surface area contributed by atoms with E-state index in [1.54, 1.807) is 0 Å². The highest BCUT2D eigenvalue weighted by molar-refractivity contribution is 9.10. The first-order valence-corrected chi connectivity index (χ1v) is 5.70. The summed E-state index contributed by atoms with van der Waals surface area (Å²) in [5.41, 5.74) is 2.50. The van der Waals surface area contributed by atoms with Crippen molar-refractivity contribution in [1.82, 2.24) is 0 Å². The van der Waals surface area contributed by atoms with Gasteiger partial charge in [-0.1, -0.05) is 34.1 Å². The van der Waals surface area contributed by atoms with Crippen LogP contribution in [0.5, 0.6) is 0 Å². The van der Waals surface area contributed by atoms with Crippen LogP contribution in [0.1, 0.15) is 24.8 Å². The smallest absolute Gasteiger partial charge is 0.0726 e. The lowest BCUT2D eigenvalue weighted by molar-refractivity contribution is 0.206. The molecule has 0 amide bonds. The quantitative estimate of drug-likeness (QED) is 0.813. The minimum absolute atomic E-state index is 0.248. The Labute approximate surface area is 92.6 Å². The second-order valence-electron chi connectivity index (χ2n) is 3.66. The summed E-state index contributed by atoms with van der Waals surface area (Å²) in [6.07, 6.45) is 4.80. The molecule has 0 aromatic heterocycles. The number of hydrogen-bond donors (Lipinski definition) is 1. The van der Waals surface area contributed by atoms with Crippen LogP contribution in [-0.2, 0) is 0 Å². The highest BCUT2D eigenvalue weighted by Gasteiger charge is 2.11. The Morgan fingerprint density at radius 1 is 1.21 bits per heavy atom. The highest BCUT2D eigenvalue weighted by atomic mass is 79.9. The Bertz CT molecular complexity index is 340. The monoisotopic (exact) mass is 252 g/mol. The average Bonchev–Trinajstić information content (AvgIpc) is 2.19. The summed E-state index contributed by atoms with van der Waals surface area (Å²) in [5.74, 6) is 0. The van der Waals surface area contributed by atoms with Crippen molar-refractivity contribution < 1.29 is 5.11 Å². The van der Waals surface area contributed by atoms with Crippen LogP contribution < -0.4 is 0 Å². The van der Waals surface area contributed by atoms with Gasteiger partial charge in [-0.25, -0.2) is 0 Å². The molecular weight excluding hydrogens is 240 g/mol. The van der Waals surface area contributed by atoms with Gasteiger partial charge in [0, 0.05) is 4.47 Å². The summed E-state index contributed by atoms with van der Waals surface area (Å²) < 4.78 is 1.10. The van der Waals surface area contributed by atoms with Gasteiger partial charge in [0.25, 0.3) is 0 Å². The molecule has 0 spiro atoms. The Hall–Kier alpha value is -0.600. The second-order valence-corrected chi connectivity index (χ2v) is 4.57. The van der Waals surface area contributed by atoms with Crippen LogP contribution in [0.4, 0.5) is 0 Å². The normalized spacial score (nSPS) is 21.9. The summed E-state index contributed by atoms with van der Waals surface area (Å²) >= 11 is 3.41. The number of aliphatic hydroxyl groups excluding tert-OH is 1. The Morgan fingerprint density at radius 2 is 1.93 bits per heavy atom. The van der Waals surface area contributed by atoms with Gasteiger partial charge in [0.2, 0.25) is 0 Å². The van der Waals surface area contributed by atoms with Gasteiger partial charge in [0.1, 0.15) is 0 Å². The molecule has 0 bridgehead atoms. The van der Waals surface area contributed by atoms with Crippen molar-refractivity contribution in [2.75, 3.05) is 0 Å². The molecular formula is C12H13BrO. The van der Waals surface area contributed by atoms with Crippen molar-refractivity contribution >= 4 is 21.5 Å². The van der Waals surface area contributed by atoms with Crippen LogP contribution >= 0.6 is 15.9 Å². The van der Waals surface area contributed by atoms with Crippen LogP contribution in [-0.4, -0.2) is 11.2 Å². The maximum absolute atomic E-state index is 9.51. The Balaban J connectivity index is 2.26. The lowest BCUT2D eigenvalue weighted by atomic mass is 9.92. The van der Waals surface area contributed by atoms with E-state index in [0.717, 1.165) is 23.7 Å². The number of rotatable bonds is 1. The minimum atomic E-state index is -0.248. The van der Waals surface area contributed by atoms with E-state index in [1.807, 2.05) is 18.2 Å². The molecule has 2 heteroatoms. The molecule has 1 nitrogen and oxygen atoms in total. The summed E-state index contributed by atoms with van der Waals surface area (Å²) in [5, 5.41) is 9.51. The van der Waals surface area contributed by atoms with Gasteiger partial charge in [0.15, 0.2) is 0 Å². The summed E-state index contributed by atoms with van der Waals surface area (Å²) in [6.45, 7) is 0. The van der Waals surface area contributed by atoms with E-state index in [4.69, 9.17) is 0 Å². The van der Waals surface area contributed by atoms with E-state index < -0.39 is 0 Å². The molecule has 74 valence electrons. The topological polar surface area (TPSA) is 20.2 Å². The predicted octanol–water partition coefficient (Wildman–Crippen LogP) is 3.38. The number of allylic oxidation sites excluding steroid dienone is 1. The molecule has 1 N–H and O–H groups in total. The van der Waals surface area contributed by atoms with Gasteiger partial charge in [-0.15, -0.1) is 0 Å². The molecule has 0 saturated carbocycles. The van der Waals surface area contributed by atoms with Gasteiger partial charge < -0.3 is 5.11 Å². The molecule has 1 aliphatic rings. The molecule has 14 heavy (non-hydrogen) atoms. The maximum Gasteiger partial charge on any atom is 0.0726 e. The van der Waals surface area contributed by atoms with Crippen molar-refractivity contribution in [2.24, 2.45) is 0 Å². The van der Waals surface area contributed by atoms with E-state index in [2.05, 4.69) is 28.1 Å². The zero-order chi connectivity index (χ0) is 9.97. The number of halogens is 1. The SMILES string of the molecule is OC1C=C(c2ccc(Br)cc2)CCC1. The average molecular weight is 253 g/mol. The summed E-state index contributed by atoms with van der Waals surface area (Å²) in [4.78, 5) is 0. The number of aliphatic hydroxyl groups is 1. The van der Waals surface area contributed by atoms with E-state index >= 15 is 0 Å². The first-order chi connectivity index (χ1) is 6.75. The van der Waals surface area contributed by atoms with Crippen molar-refractivity contribution in [3.05, 3.63) is 40.4 Å². The first kappa shape index (κ1) is 9.94. The Morgan fingerprint density at radius 3 is 2.57 bits per heavy atom. The van der Waals surface area contributed by atoms with Crippen molar-refractivity contribution in [1.29, 1.82) is 0 Å². The second kappa shape index (κ2) is 4.28. The zero-order valence-corrected chi connectivity index (χ0v) is 9.50. The van der Waals surface area contributed by atoms with Crippen LogP contribution in [0.2, 0.25) is 0 Å². The molecule has 0 heterocycles. The maximum atomic E-state index is 9.51. The van der Waals surface area contributed by atoms with Gasteiger partial charge in [-0.3, -0.25) is 0 Å². The fourth-order valence-electron chi connectivity index (χ4n) is 1.81. The lowest BCUT2D eigenvalue weighted by Gasteiger charge is -2.17. The molecule has 0 radical (unpaired) electrons. The van der Waals surface area contributed by atoms with E-state index in [-0.39, 0.29) is 6.10 Å². The fourth-order valence-corrected chi connectivity index (χ4v) is 2.07. The standard InChI is InChI=1S/C12H13BrO/c13-11-6-4-9(5-7-11)10-2-1-3-12(14)8-10/h4-8,12,14H,1-3H2. The first-order valence-electron chi connectivity index (χ1n) is 4.90. The van der Waals surface area contributed by atoms with Crippen molar-refractivity contribution in [3.8, 4) is 0 Å². The zero-order valence-electron chi connectivity index (χ0n) is 7.91. The third-order valence-electron chi connectivity index (χ3n) is 2.55. The third-order valence-corrected chi connectivity index (χ3v) is 3.08. The van der Waals surface area contributed by atoms with Gasteiger partial charge >= 0.3 is 0 Å². The van der Waals surface area contributed by atoms with Gasteiger partial charge in [-0.05, 0) is 42.5 Å². The molecule has 0 saturated heterocycles. The van der Waals surface area contributed by atoms with E-state index in [9.17, 15) is 5.11 Å². The van der Waals surface area contributed by atoms with Crippen molar-refractivity contribution in [3.63, 3.8) is 0 Å². The molecule has 1 aromatic rings. The number of hydrogen-bond acceptors (Lipinski definition) is 1. The molecule has 1 aliphatic carbocycles. The summed E-state index contributed by atoms with van der Waals surface area (Å²) in [6, 6.07) is 8.26. The largest absolute Gasteiger partial charge is 0.389 e. The van der Waals surface area contributed by atoms with Crippen LogP contribution in [0.3, 0.4) is 0 Å². The van der Waals surface area contributed by atoms with E-state index in [0.29, 0.717) is 0 Å². The number of benzene rings is 1. The highest BCUT2D eigenvalue weighted by Crippen LogP contribution is 2.27. The molecule has 1 unspecified atom stereocenters. The molecule has 0 aliphatic heterocycles. The predicted molar refractivity (Wildman–Crippen MR) is 62.0 cm³/mol. The minimum Gasteiger partial charge on any atom is -0.389 e. The van der Waals surface area contributed by atoms with Gasteiger partial charge in [-0.2, -0.15) is 0 Å². The van der Waals surface area contributed by atoms with Crippen LogP contribution in [0.25, 0.3) is 5.57 Å². The Kier molecular flexibility index (Phi) is 3.04. The third kappa shape index (κ3) is 2.25. The lowest BCUT2D eigenvalue weighted by Crippen LogP contribution is -2.08. The van der Waals surface area contributed by atoms with Gasteiger partial charge in [0.05, 0.1) is 6.10 Å².